The van der Waals surface area contributed by atoms with Crippen LogP contribution in [0.5, 0.6) is 0 Å². The van der Waals surface area contributed by atoms with Crippen molar-refractivity contribution in [3.63, 3.8) is 0 Å². The lowest BCUT2D eigenvalue weighted by molar-refractivity contribution is -0.139. The second-order valence-corrected chi connectivity index (χ2v) is 6.47. The smallest absolute Gasteiger partial charge is 0.309 e. The highest BCUT2D eigenvalue weighted by atomic mass is 32.2. The van der Waals surface area contributed by atoms with Gasteiger partial charge < -0.3 is 15.7 Å². The number of unbranched alkanes of at least 4 members (excludes halogenated alkanes) is 2. The van der Waals surface area contributed by atoms with E-state index in [1.807, 2.05) is 0 Å². The number of hydrogen-bond donors (Lipinski definition) is 4. The number of nitrogens with two attached hydrogens (primary N) is 1. The number of nitrogens with one attached hydrogen (secondary N) is 2. The molecule has 5 N–H and O–H groups in total. The first-order chi connectivity index (χ1) is 10.8. The number of sulfonamides is 1. The van der Waals surface area contributed by atoms with E-state index in [1.54, 1.807) is 0 Å². The van der Waals surface area contributed by atoms with E-state index in [0.29, 0.717) is 24.9 Å². The summed E-state index contributed by atoms with van der Waals surface area (Å²) in [4.78, 5) is 23.1. The van der Waals surface area contributed by atoms with Gasteiger partial charge in [-0.2, -0.15) is 0 Å². The summed E-state index contributed by atoms with van der Waals surface area (Å²) in [5.41, 5.74) is 0.640. The van der Waals surface area contributed by atoms with Gasteiger partial charge in [0.25, 0.3) is 0 Å². The summed E-state index contributed by atoms with van der Waals surface area (Å²) in [7, 11) is -3.75. The minimum absolute atomic E-state index is 0.0202. The summed E-state index contributed by atoms with van der Waals surface area (Å²) in [6.07, 6.45) is 2.12. The number of aliphatic hydroxyl groups is 1. The Labute approximate surface area is 135 Å². The fourth-order valence-corrected chi connectivity index (χ4v) is 2.27. The third-order valence-corrected chi connectivity index (χ3v) is 3.96. The van der Waals surface area contributed by atoms with Crippen molar-refractivity contribution in [2.24, 2.45) is 5.14 Å². The third kappa shape index (κ3) is 7.22. The zero-order valence-corrected chi connectivity index (χ0v) is 13.4. The van der Waals surface area contributed by atoms with Crippen molar-refractivity contribution in [2.75, 3.05) is 13.2 Å². The van der Waals surface area contributed by atoms with Gasteiger partial charge in [0.1, 0.15) is 0 Å². The first-order valence-electron chi connectivity index (χ1n) is 7.13. The summed E-state index contributed by atoms with van der Waals surface area (Å²) in [6.45, 7) is 0.579. The number of amides is 2. The molecular weight excluding hydrogens is 322 g/mol. The molecule has 0 radical (unpaired) electrons. The molecule has 8 nitrogen and oxygen atoms in total. The first-order valence-corrected chi connectivity index (χ1v) is 8.68. The quantitative estimate of drug-likeness (QED) is 0.363. The Morgan fingerprint density at radius 1 is 1.00 bits per heavy atom. The second kappa shape index (κ2) is 9.23. The summed E-state index contributed by atoms with van der Waals surface area (Å²) in [5.74, 6) is -1.49. The SMILES string of the molecule is NS(=O)(=O)c1ccc(CNC(=O)C(=O)NCCCCCO)cc1. The van der Waals surface area contributed by atoms with E-state index in [2.05, 4.69) is 10.6 Å². The molecule has 2 amide bonds. The highest BCUT2D eigenvalue weighted by Gasteiger charge is 2.12. The largest absolute Gasteiger partial charge is 0.396 e. The highest BCUT2D eigenvalue weighted by Crippen LogP contribution is 2.08. The minimum Gasteiger partial charge on any atom is -0.396 e. The molecule has 23 heavy (non-hydrogen) atoms. The van der Waals surface area contributed by atoms with Crippen LogP contribution in [0.2, 0.25) is 0 Å². The van der Waals surface area contributed by atoms with E-state index in [1.165, 1.54) is 24.3 Å². The number of primary sulfonamides is 1. The van der Waals surface area contributed by atoms with Crippen molar-refractivity contribution in [1.82, 2.24) is 10.6 Å². The van der Waals surface area contributed by atoms with Gasteiger partial charge >= 0.3 is 11.8 Å². The number of carbonyl (C=O) groups excluding carboxylic acids is 2. The number of aliphatic hydroxyl groups excluding tert-OH is 1. The molecule has 0 fully saturated rings. The molecule has 1 aromatic rings. The van der Waals surface area contributed by atoms with E-state index in [4.69, 9.17) is 10.2 Å². The van der Waals surface area contributed by atoms with Crippen molar-refractivity contribution in [1.29, 1.82) is 0 Å². The molecule has 0 aliphatic carbocycles. The van der Waals surface area contributed by atoms with Crippen molar-refractivity contribution >= 4 is 21.8 Å². The molecule has 1 aromatic carbocycles. The molecular formula is C14H21N3O5S. The molecule has 0 spiro atoms. The highest BCUT2D eigenvalue weighted by molar-refractivity contribution is 7.89. The first kappa shape index (κ1) is 19.1. The molecule has 0 aromatic heterocycles. The molecule has 9 heteroatoms. The molecule has 0 saturated heterocycles. The molecule has 0 saturated carbocycles. The Kier molecular flexibility index (Phi) is 7.66. The Balaban J connectivity index is 2.36. The summed E-state index contributed by atoms with van der Waals surface area (Å²) >= 11 is 0. The molecule has 0 atom stereocenters. The van der Waals surface area contributed by atoms with Crippen molar-refractivity contribution in [3.05, 3.63) is 29.8 Å². The van der Waals surface area contributed by atoms with Crippen LogP contribution in [0.25, 0.3) is 0 Å². The average molecular weight is 343 g/mol. The number of hydrogen-bond acceptors (Lipinski definition) is 5. The zero-order chi connectivity index (χ0) is 17.3. The lowest BCUT2D eigenvalue weighted by Gasteiger charge is -2.07. The summed E-state index contributed by atoms with van der Waals surface area (Å²) < 4.78 is 22.2. The predicted octanol–water partition coefficient (Wildman–Crippen LogP) is -0.771. The molecule has 0 bridgehead atoms. The van der Waals surface area contributed by atoms with Crippen LogP contribution in [0.4, 0.5) is 0 Å². The van der Waals surface area contributed by atoms with Crippen LogP contribution < -0.4 is 15.8 Å². The average Bonchev–Trinajstić information content (AvgIpc) is 2.51. The molecule has 0 unspecified atom stereocenters. The molecule has 1 rings (SSSR count). The van der Waals surface area contributed by atoms with E-state index in [9.17, 15) is 18.0 Å². The van der Waals surface area contributed by atoms with Crippen LogP contribution in [-0.4, -0.2) is 38.5 Å². The Bertz CT molecular complexity index is 628. The maximum atomic E-state index is 11.6. The van der Waals surface area contributed by atoms with Crippen molar-refractivity contribution < 1.29 is 23.1 Å². The molecule has 128 valence electrons. The summed E-state index contributed by atoms with van der Waals surface area (Å²) in [5, 5.41) is 18.5. The molecule has 0 aliphatic heterocycles. The standard InChI is InChI=1S/C14H21N3O5S/c15-23(21,22)12-6-4-11(5-7-12)10-17-14(20)13(19)16-8-2-1-3-9-18/h4-7,18H,1-3,8-10H2,(H,16,19)(H,17,20)(H2,15,21,22). The second-order valence-electron chi connectivity index (χ2n) is 4.91. The van der Waals surface area contributed by atoms with Crippen LogP contribution in [0.3, 0.4) is 0 Å². The lowest BCUT2D eigenvalue weighted by Crippen LogP contribution is -2.39. The normalized spacial score (nSPS) is 11.0. The topological polar surface area (TPSA) is 139 Å². The van der Waals surface area contributed by atoms with Gasteiger partial charge in [-0.1, -0.05) is 12.1 Å². The fraction of sp³-hybridized carbons (Fsp3) is 0.429. The van der Waals surface area contributed by atoms with Crippen LogP contribution in [0, 0.1) is 0 Å². The monoisotopic (exact) mass is 343 g/mol. The maximum Gasteiger partial charge on any atom is 0.309 e. The van der Waals surface area contributed by atoms with Gasteiger partial charge in [-0.3, -0.25) is 9.59 Å². The number of rotatable bonds is 8. The minimum atomic E-state index is -3.75. The van der Waals surface area contributed by atoms with Crippen LogP contribution in [-0.2, 0) is 26.2 Å². The van der Waals surface area contributed by atoms with E-state index < -0.39 is 21.8 Å². The summed E-state index contributed by atoms with van der Waals surface area (Å²) in [6, 6.07) is 5.68. The Hall–Kier alpha value is -1.97. The lowest BCUT2D eigenvalue weighted by atomic mass is 10.2. The zero-order valence-electron chi connectivity index (χ0n) is 12.6. The maximum absolute atomic E-state index is 11.6. The third-order valence-electron chi connectivity index (χ3n) is 3.03. The number of carbonyl (C=O) groups is 2. The van der Waals surface area contributed by atoms with Gasteiger partial charge in [0.05, 0.1) is 4.90 Å². The van der Waals surface area contributed by atoms with Crippen LogP contribution >= 0.6 is 0 Å². The van der Waals surface area contributed by atoms with Gasteiger partial charge in [-0.25, -0.2) is 13.6 Å². The molecule has 0 heterocycles. The van der Waals surface area contributed by atoms with Gasteiger partial charge in [0.15, 0.2) is 0 Å². The Morgan fingerprint density at radius 3 is 2.17 bits per heavy atom. The van der Waals surface area contributed by atoms with Gasteiger partial charge in [-0.05, 0) is 37.0 Å². The Morgan fingerprint density at radius 2 is 1.61 bits per heavy atom. The van der Waals surface area contributed by atoms with Crippen LogP contribution in [0.15, 0.2) is 29.2 Å². The molecule has 0 aliphatic rings. The van der Waals surface area contributed by atoms with E-state index in [-0.39, 0.29) is 18.0 Å². The van der Waals surface area contributed by atoms with E-state index in [0.717, 1.165) is 6.42 Å². The fourth-order valence-electron chi connectivity index (χ4n) is 1.76. The van der Waals surface area contributed by atoms with Gasteiger partial charge in [-0.15, -0.1) is 0 Å². The van der Waals surface area contributed by atoms with Crippen molar-refractivity contribution in [3.8, 4) is 0 Å². The van der Waals surface area contributed by atoms with Crippen LogP contribution in [0.1, 0.15) is 24.8 Å². The van der Waals surface area contributed by atoms with Gasteiger partial charge in [0.2, 0.25) is 10.0 Å². The number of benzene rings is 1. The predicted molar refractivity (Wildman–Crippen MR) is 83.6 cm³/mol. The van der Waals surface area contributed by atoms with Crippen molar-refractivity contribution in [2.45, 2.75) is 30.7 Å². The van der Waals surface area contributed by atoms with E-state index >= 15 is 0 Å². The van der Waals surface area contributed by atoms with Gasteiger partial charge in [0, 0.05) is 19.7 Å².